The number of nitrogens with one attached hydrogen (secondary N) is 1. The molecule has 15 heavy (non-hydrogen) atoms. The van der Waals surface area contributed by atoms with Crippen molar-refractivity contribution >= 4 is 27.8 Å². The summed E-state index contributed by atoms with van der Waals surface area (Å²) in [6, 6.07) is -1.02. The van der Waals surface area contributed by atoms with Crippen LogP contribution < -0.4 is 4.72 Å². The molecule has 0 aromatic rings. The average Bonchev–Trinajstić information content (AvgIpc) is 2.11. The first kappa shape index (κ1) is 14.7. The lowest BCUT2D eigenvalue weighted by Gasteiger charge is -2.15. The number of carbonyl (C=O) groups is 1. The number of hydrogen-bond acceptors (Lipinski definition) is 4. The summed E-state index contributed by atoms with van der Waals surface area (Å²) in [5, 5.41) is 8.19. The predicted octanol–water partition coefficient (Wildman–Crippen LogP) is 0.520. The average molecular weight is 255 g/mol. The topological polar surface area (TPSA) is 83.5 Å². The lowest BCUT2D eigenvalue weighted by atomic mass is 10.2. The van der Waals surface area contributed by atoms with Crippen molar-refractivity contribution in [2.75, 3.05) is 12.0 Å². The second kappa shape index (κ2) is 6.34. The number of rotatable bonds is 7. The van der Waals surface area contributed by atoms with Gasteiger partial charge in [0.2, 0.25) is 10.0 Å². The molecule has 0 aromatic carbocycles. The maximum atomic E-state index is 11.4. The lowest BCUT2D eigenvalue weighted by Crippen LogP contribution is -2.44. The first-order valence-electron chi connectivity index (χ1n) is 4.54. The molecular weight excluding hydrogens is 238 g/mol. The molecule has 90 valence electrons. The molecule has 0 heterocycles. The number of hydrogen-bond donors (Lipinski definition) is 2. The Morgan fingerprint density at radius 2 is 2.00 bits per heavy atom. The molecule has 0 aliphatic heterocycles. The summed E-state index contributed by atoms with van der Waals surface area (Å²) in [5.41, 5.74) is 0. The molecule has 0 aliphatic rings. The highest BCUT2D eigenvalue weighted by Gasteiger charge is 2.25. The molecule has 1 unspecified atom stereocenters. The molecule has 0 aromatic heterocycles. The smallest absolute Gasteiger partial charge is 0.321 e. The minimum absolute atomic E-state index is 0.294. The van der Waals surface area contributed by atoms with Crippen molar-refractivity contribution in [3.63, 3.8) is 0 Å². The minimum Gasteiger partial charge on any atom is -0.480 e. The Balaban J connectivity index is 4.48. The molecule has 2 N–H and O–H groups in total. The summed E-state index contributed by atoms with van der Waals surface area (Å²) in [6.07, 6.45) is 2.14. The number of carboxylic acid groups (broad SMARTS) is 1. The molecule has 0 bridgehead atoms. The van der Waals surface area contributed by atoms with Crippen LogP contribution in [0.15, 0.2) is 0 Å². The van der Waals surface area contributed by atoms with Gasteiger partial charge in [-0.15, -0.1) is 0 Å². The van der Waals surface area contributed by atoms with Crippen LogP contribution in [0.2, 0.25) is 0 Å². The second-order valence-corrected chi connectivity index (χ2v) is 6.64. The van der Waals surface area contributed by atoms with Crippen molar-refractivity contribution in [1.82, 2.24) is 4.72 Å². The summed E-state index contributed by atoms with van der Waals surface area (Å²) >= 11 is 1.48. The van der Waals surface area contributed by atoms with Crippen LogP contribution in [0, 0.1) is 0 Å². The third-order valence-electron chi connectivity index (χ3n) is 1.84. The van der Waals surface area contributed by atoms with Gasteiger partial charge in [-0.1, -0.05) is 0 Å². The highest BCUT2D eigenvalue weighted by atomic mass is 32.2. The fraction of sp³-hybridized carbons (Fsp3) is 0.875. The van der Waals surface area contributed by atoms with Crippen LogP contribution in [0.1, 0.15) is 20.3 Å². The van der Waals surface area contributed by atoms with E-state index in [4.69, 9.17) is 5.11 Å². The number of carboxylic acids is 1. The highest BCUT2D eigenvalue weighted by Crippen LogP contribution is 2.05. The van der Waals surface area contributed by atoms with E-state index in [0.717, 1.165) is 0 Å². The van der Waals surface area contributed by atoms with E-state index in [0.29, 0.717) is 12.2 Å². The van der Waals surface area contributed by atoms with Gasteiger partial charge in [-0.3, -0.25) is 4.79 Å². The van der Waals surface area contributed by atoms with Crippen LogP contribution in [0.3, 0.4) is 0 Å². The van der Waals surface area contributed by atoms with Gasteiger partial charge in [0.1, 0.15) is 6.04 Å². The molecule has 0 radical (unpaired) electrons. The van der Waals surface area contributed by atoms with Crippen molar-refractivity contribution in [2.45, 2.75) is 31.6 Å². The van der Waals surface area contributed by atoms with E-state index in [1.807, 2.05) is 6.26 Å². The van der Waals surface area contributed by atoms with Crippen LogP contribution in [-0.2, 0) is 14.8 Å². The van der Waals surface area contributed by atoms with Gasteiger partial charge >= 0.3 is 5.97 Å². The van der Waals surface area contributed by atoms with E-state index < -0.39 is 27.3 Å². The predicted molar refractivity (Wildman–Crippen MR) is 61.6 cm³/mol. The summed E-state index contributed by atoms with van der Waals surface area (Å²) < 4.78 is 25.0. The molecule has 0 spiro atoms. The van der Waals surface area contributed by atoms with Gasteiger partial charge in [0.05, 0.1) is 5.25 Å². The van der Waals surface area contributed by atoms with Gasteiger partial charge in [0.25, 0.3) is 0 Å². The van der Waals surface area contributed by atoms with E-state index in [9.17, 15) is 13.2 Å². The van der Waals surface area contributed by atoms with Crippen LogP contribution in [-0.4, -0.2) is 42.8 Å². The summed E-state index contributed by atoms with van der Waals surface area (Å²) in [4.78, 5) is 10.8. The SMILES string of the molecule is CSCCC(NS(=O)(=O)C(C)C)C(=O)O. The van der Waals surface area contributed by atoms with Gasteiger partial charge < -0.3 is 5.11 Å². The lowest BCUT2D eigenvalue weighted by molar-refractivity contribution is -0.139. The molecule has 0 amide bonds. The Morgan fingerprint density at radius 1 is 1.47 bits per heavy atom. The zero-order chi connectivity index (χ0) is 12.1. The zero-order valence-electron chi connectivity index (χ0n) is 9.06. The maximum Gasteiger partial charge on any atom is 0.321 e. The number of thioether (sulfide) groups is 1. The van der Waals surface area contributed by atoms with Gasteiger partial charge in [0, 0.05) is 0 Å². The monoisotopic (exact) mass is 255 g/mol. The molecule has 0 rings (SSSR count). The maximum absolute atomic E-state index is 11.4. The van der Waals surface area contributed by atoms with Gasteiger partial charge in [-0.05, 0) is 32.3 Å². The first-order chi connectivity index (χ1) is 6.81. The van der Waals surface area contributed by atoms with Crippen molar-refractivity contribution in [1.29, 1.82) is 0 Å². The fourth-order valence-electron chi connectivity index (χ4n) is 0.803. The summed E-state index contributed by atoms with van der Waals surface area (Å²) in [6.45, 7) is 3.02. The van der Waals surface area contributed by atoms with E-state index in [-0.39, 0.29) is 0 Å². The highest BCUT2D eigenvalue weighted by molar-refractivity contribution is 7.98. The largest absolute Gasteiger partial charge is 0.480 e. The minimum atomic E-state index is -3.51. The molecular formula is C8H17NO4S2. The fourth-order valence-corrected chi connectivity index (χ4v) is 2.16. The normalized spacial score (nSPS) is 14.1. The van der Waals surface area contributed by atoms with E-state index in [2.05, 4.69) is 4.72 Å². The second-order valence-electron chi connectivity index (χ2n) is 3.38. The zero-order valence-corrected chi connectivity index (χ0v) is 10.7. The standard InChI is InChI=1S/C8H17NO4S2/c1-6(2)15(12,13)9-7(8(10)11)4-5-14-3/h6-7,9H,4-5H2,1-3H3,(H,10,11). The van der Waals surface area contributed by atoms with E-state index in [1.165, 1.54) is 25.6 Å². The third kappa shape index (κ3) is 5.39. The summed E-state index contributed by atoms with van der Waals surface area (Å²) in [5.74, 6) is -0.523. The van der Waals surface area contributed by atoms with Crippen LogP contribution >= 0.6 is 11.8 Å². The molecule has 7 heteroatoms. The molecule has 0 fully saturated rings. The van der Waals surface area contributed by atoms with Crippen LogP contribution in [0.25, 0.3) is 0 Å². The Kier molecular flexibility index (Phi) is 6.23. The summed E-state index contributed by atoms with van der Waals surface area (Å²) in [7, 11) is -3.51. The molecule has 5 nitrogen and oxygen atoms in total. The van der Waals surface area contributed by atoms with Gasteiger partial charge in [-0.2, -0.15) is 11.8 Å². The third-order valence-corrected chi connectivity index (χ3v) is 4.33. The Hall–Kier alpha value is -0.270. The molecule has 0 aliphatic carbocycles. The Bertz CT molecular complexity index is 300. The number of sulfonamides is 1. The van der Waals surface area contributed by atoms with E-state index in [1.54, 1.807) is 0 Å². The first-order valence-corrected chi connectivity index (χ1v) is 7.48. The van der Waals surface area contributed by atoms with E-state index >= 15 is 0 Å². The number of aliphatic carboxylic acids is 1. The molecule has 0 saturated carbocycles. The van der Waals surface area contributed by atoms with Gasteiger partial charge in [-0.25, -0.2) is 13.1 Å². The van der Waals surface area contributed by atoms with Gasteiger partial charge in [0.15, 0.2) is 0 Å². The van der Waals surface area contributed by atoms with Crippen molar-refractivity contribution in [2.24, 2.45) is 0 Å². The van der Waals surface area contributed by atoms with Crippen LogP contribution in [0.5, 0.6) is 0 Å². The Morgan fingerprint density at radius 3 is 2.33 bits per heavy atom. The van der Waals surface area contributed by atoms with Crippen molar-refractivity contribution in [3.05, 3.63) is 0 Å². The molecule has 0 saturated heterocycles. The Labute approximate surface area is 94.7 Å². The van der Waals surface area contributed by atoms with Crippen LogP contribution in [0.4, 0.5) is 0 Å². The quantitative estimate of drug-likeness (QED) is 0.693. The van der Waals surface area contributed by atoms with Crippen molar-refractivity contribution < 1.29 is 18.3 Å². The molecule has 1 atom stereocenters. The van der Waals surface area contributed by atoms with Crippen molar-refractivity contribution in [3.8, 4) is 0 Å².